The number of unbranched alkanes of at least 4 members (excludes halogenated alkanes) is 2. The van der Waals surface area contributed by atoms with Gasteiger partial charge in [0.1, 0.15) is 6.54 Å². The molecular formula is C22H22N8O. The summed E-state index contributed by atoms with van der Waals surface area (Å²) < 4.78 is 3.65. The lowest BCUT2D eigenvalue weighted by molar-refractivity contribution is 0.551. The Bertz CT molecular complexity index is 1400. The summed E-state index contributed by atoms with van der Waals surface area (Å²) in [7, 11) is 0. The van der Waals surface area contributed by atoms with Crippen molar-refractivity contribution < 1.29 is 0 Å². The van der Waals surface area contributed by atoms with E-state index in [1.165, 1.54) is 4.80 Å². The Hall–Kier alpha value is -3.88. The highest BCUT2D eigenvalue weighted by Gasteiger charge is 2.17. The van der Waals surface area contributed by atoms with Gasteiger partial charge in [0.15, 0.2) is 5.82 Å². The molecule has 0 amide bonds. The third-order valence-electron chi connectivity index (χ3n) is 5.33. The van der Waals surface area contributed by atoms with Crippen LogP contribution in [0.15, 0.2) is 59.4 Å². The average molecular weight is 414 g/mol. The molecule has 0 radical (unpaired) electrons. The molecule has 5 rings (SSSR count). The van der Waals surface area contributed by atoms with Crippen molar-refractivity contribution in [3.63, 3.8) is 0 Å². The van der Waals surface area contributed by atoms with E-state index in [0.717, 1.165) is 30.3 Å². The number of hydrogen-bond acceptors (Lipinski definition) is 6. The molecule has 3 aromatic heterocycles. The van der Waals surface area contributed by atoms with Crippen LogP contribution < -0.4 is 5.56 Å². The predicted octanol–water partition coefficient (Wildman–Crippen LogP) is 2.94. The number of rotatable bonds is 7. The second kappa shape index (κ2) is 8.10. The summed E-state index contributed by atoms with van der Waals surface area (Å²) in [6, 6.07) is 17.2. The molecule has 156 valence electrons. The average Bonchev–Trinajstić information content (AvgIpc) is 3.45. The van der Waals surface area contributed by atoms with E-state index in [0.29, 0.717) is 29.4 Å². The van der Waals surface area contributed by atoms with Gasteiger partial charge in [0.05, 0.1) is 10.9 Å². The molecule has 31 heavy (non-hydrogen) atoms. The minimum absolute atomic E-state index is 0.0385. The Morgan fingerprint density at radius 3 is 2.55 bits per heavy atom. The van der Waals surface area contributed by atoms with Gasteiger partial charge in [0.2, 0.25) is 11.6 Å². The van der Waals surface area contributed by atoms with Crippen molar-refractivity contribution in [2.24, 2.45) is 0 Å². The van der Waals surface area contributed by atoms with Crippen LogP contribution in [-0.2, 0) is 13.1 Å². The first-order valence-corrected chi connectivity index (χ1v) is 10.4. The summed E-state index contributed by atoms with van der Waals surface area (Å²) in [5, 5.41) is 22.2. The van der Waals surface area contributed by atoms with E-state index < -0.39 is 0 Å². The van der Waals surface area contributed by atoms with Crippen molar-refractivity contribution in [2.75, 3.05) is 0 Å². The summed E-state index contributed by atoms with van der Waals surface area (Å²) in [6.07, 6.45) is 3.05. The van der Waals surface area contributed by atoms with E-state index in [9.17, 15) is 4.79 Å². The molecule has 0 spiro atoms. The Balaban J connectivity index is 1.59. The van der Waals surface area contributed by atoms with Crippen molar-refractivity contribution in [1.82, 2.24) is 39.4 Å². The van der Waals surface area contributed by atoms with E-state index in [1.807, 2.05) is 59.0 Å². The lowest BCUT2D eigenvalue weighted by atomic mass is 10.2. The molecule has 0 atom stereocenters. The Labute approximate surface area is 178 Å². The highest BCUT2D eigenvalue weighted by molar-refractivity contribution is 5.80. The van der Waals surface area contributed by atoms with E-state index in [2.05, 4.69) is 32.5 Å². The number of aryl methyl sites for hydroxylation is 1. The summed E-state index contributed by atoms with van der Waals surface area (Å²) in [6.45, 7) is 3.04. The molecule has 3 heterocycles. The van der Waals surface area contributed by atoms with Gasteiger partial charge < -0.3 is 0 Å². The van der Waals surface area contributed by atoms with Crippen molar-refractivity contribution >= 4 is 16.7 Å². The standard InChI is InChI=1S/C22H22N8O/c1-2-3-9-14-28-21(31)17-12-7-8-13-18(17)30-19(23-25-22(28)30)15-29-26-20(24-27-29)16-10-5-4-6-11-16/h4-8,10-13H,2-3,9,14-15H2,1H3. The Morgan fingerprint density at radius 1 is 0.903 bits per heavy atom. The monoisotopic (exact) mass is 414 g/mol. The van der Waals surface area contributed by atoms with E-state index >= 15 is 0 Å². The van der Waals surface area contributed by atoms with Gasteiger partial charge >= 0.3 is 0 Å². The van der Waals surface area contributed by atoms with Gasteiger partial charge in [-0.05, 0) is 23.8 Å². The number of fused-ring (bicyclic) bond motifs is 3. The normalized spacial score (nSPS) is 11.5. The zero-order valence-electron chi connectivity index (χ0n) is 17.2. The number of nitrogens with zero attached hydrogens (tertiary/aromatic N) is 8. The first kappa shape index (κ1) is 19.1. The van der Waals surface area contributed by atoms with Gasteiger partial charge in [-0.1, -0.05) is 62.2 Å². The second-order valence-corrected chi connectivity index (χ2v) is 7.44. The molecule has 0 aliphatic heterocycles. The van der Waals surface area contributed by atoms with Crippen molar-refractivity contribution in [1.29, 1.82) is 0 Å². The smallest absolute Gasteiger partial charge is 0.262 e. The Morgan fingerprint density at radius 2 is 1.71 bits per heavy atom. The first-order valence-electron chi connectivity index (χ1n) is 10.4. The topological polar surface area (TPSA) is 95.8 Å². The maximum atomic E-state index is 13.1. The van der Waals surface area contributed by atoms with E-state index in [-0.39, 0.29) is 12.1 Å². The minimum Gasteiger partial charge on any atom is -0.276 e. The predicted molar refractivity (Wildman–Crippen MR) is 117 cm³/mol. The molecule has 0 saturated carbocycles. The van der Waals surface area contributed by atoms with Crippen LogP contribution in [0.3, 0.4) is 0 Å². The van der Waals surface area contributed by atoms with Gasteiger partial charge in [-0.15, -0.1) is 20.4 Å². The zero-order chi connectivity index (χ0) is 21.2. The zero-order valence-corrected chi connectivity index (χ0v) is 17.2. The highest BCUT2D eigenvalue weighted by atomic mass is 16.1. The van der Waals surface area contributed by atoms with Crippen molar-refractivity contribution in [3.8, 4) is 11.4 Å². The fraction of sp³-hybridized carbons (Fsp3) is 0.273. The van der Waals surface area contributed by atoms with E-state index in [4.69, 9.17) is 0 Å². The number of benzene rings is 2. The van der Waals surface area contributed by atoms with Crippen LogP contribution in [0.2, 0.25) is 0 Å². The summed E-state index contributed by atoms with van der Waals surface area (Å²) in [4.78, 5) is 14.6. The number of hydrogen-bond donors (Lipinski definition) is 0. The molecule has 0 aliphatic carbocycles. The quantitative estimate of drug-likeness (QED) is 0.380. The maximum Gasteiger partial charge on any atom is 0.262 e. The number of aromatic nitrogens is 8. The van der Waals surface area contributed by atoms with Crippen LogP contribution in [0.4, 0.5) is 0 Å². The summed E-state index contributed by atoms with van der Waals surface area (Å²) >= 11 is 0. The van der Waals surface area contributed by atoms with Crippen molar-refractivity contribution in [3.05, 3.63) is 70.8 Å². The van der Waals surface area contributed by atoms with Crippen LogP contribution in [0.1, 0.15) is 32.0 Å². The minimum atomic E-state index is -0.0385. The SMILES string of the molecule is CCCCCn1c(=O)c2ccccc2n2c(Cn3nnc(-c4ccccc4)n3)nnc12. The van der Waals surface area contributed by atoms with E-state index in [1.54, 1.807) is 4.57 Å². The molecule has 9 nitrogen and oxygen atoms in total. The molecule has 0 bridgehead atoms. The largest absolute Gasteiger partial charge is 0.276 e. The van der Waals surface area contributed by atoms with Crippen LogP contribution in [0.25, 0.3) is 28.1 Å². The van der Waals surface area contributed by atoms with Crippen LogP contribution in [-0.4, -0.2) is 39.4 Å². The molecule has 9 heteroatoms. The maximum absolute atomic E-state index is 13.1. The second-order valence-electron chi connectivity index (χ2n) is 7.44. The van der Waals surface area contributed by atoms with Crippen LogP contribution in [0.5, 0.6) is 0 Å². The summed E-state index contributed by atoms with van der Waals surface area (Å²) in [5.74, 6) is 1.74. The van der Waals surface area contributed by atoms with Crippen molar-refractivity contribution in [2.45, 2.75) is 39.3 Å². The highest BCUT2D eigenvalue weighted by Crippen LogP contribution is 2.16. The number of para-hydroxylation sites is 1. The molecule has 0 aliphatic rings. The lowest BCUT2D eigenvalue weighted by Gasteiger charge is -2.11. The lowest BCUT2D eigenvalue weighted by Crippen LogP contribution is -2.24. The van der Waals surface area contributed by atoms with Gasteiger partial charge in [0.25, 0.3) is 5.56 Å². The molecule has 5 aromatic rings. The summed E-state index contributed by atoms with van der Waals surface area (Å²) in [5.41, 5.74) is 1.64. The van der Waals surface area contributed by atoms with Gasteiger partial charge in [0, 0.05) is 12.1 Å². The Kier molecular flexibility index (Phi) is 4.99. The fourth-order valence-corrected chi connectivity index (χ4v) is 3.78. The molecule has 0 fully saturated rings. The molecule has 0 N–H and O–H groups in total. The third-order valence-corrected chi connectivity index (χ3v) is 5.33. The van der Waals surface area contributed by atoms with Gasteiger partial charge in [-0.25, -0.2) is 0 Å². The fourth-order valence-electron chi connectivity index (χ4n) is 3.78. The first-order chi connectivity index (χ1) is 15.3. The molecule has 0 unspecified atom stereocenters. The van der Waals surface area contributed by atoms with Crippen LogP contribution in [0, 0.1) is 0 Å². The molecule has 0 saturated heterocycles. The van der Waals surface area contributed by atoms with Gasteiger partial charge in [-0.3, -0.25) is 13.8 Å². The molecular weight excluding hydrogens is 392 g/mol. The number of tetrazole rings is 1. The van der Waals surface area contributed by atoms with Gasteiger partial charge in [-0.2, -0.15) is 4.80 Å². The third kappa shape index (κ3) is 3.48. The van der Waals surface area contributed by atoms with Crippen LogP contribution >= 0.6 is 0 Å². The molecule has 2 aromatic carbocycles.